The Balaban J connectivity index is 1.83. The fourth-order valence-electron chi connectivity index (χ4n) is 2.69. The molecule has 0 bridgehead atoms. The van der Waals surface area contributed by atoms with Crippen LogP contribution in [0.3, 0.4) is 0 Å². The monoisotopic (exact) mass is 208 g/mol. The van der Waals surface area contributed by atoms with Crippen LogP contribution >= 0.6 is 0 Å². The molecule has 2 aromatic carbocycles. The summed E-state index contributed by atoms with van der Waals surface area (Å²) in [5.41, 5.74) is 1.00. The molecule has 1 heteroatoms. The lowest BCUT2D eigenvalue weighted by molar-refractivity contribution is 0.0937. The van der Waals surface area contributed by atoms with E-state index in [0.29, 0.717) is 5.78 Å². The first-order valence-electron chi connectivity index (χ1n) is 5.83. The minimum absolute atomic E-state index is 0.0997. The maximum atomic E-state index is 12.2. The van der Waals surface area contributed by atoms with Gasteiger partial charge in [-0.3, -0.25) is 4.79 Å². The molecule has 4 rings (SSSR count). The Morgan fingerprint density at radius 1 is 1.06 bits per heavy atom. The molecule has 0 aliphatic heterocycles. The molecule has 2 saturated carbocycles. The Morgan fingerprint density at radius 3 is 2.44 bits per heavy atom. The third-order valence-electron chi connectivity index (χ3n) is 4.15. The number of benzene rings is 2. The van der Waals surface area contributed by atoms with E-state index >= 15 is 0 Å². The van der Waals surface area contributed by atoms with Crippen LogP contribution in [0, 0.1) is 11.3 Å². The second kappa shape index (κ2) is 2.54. The van der Waals surface area contributed by atoms with E-state index in [1.54, 1.807) is 0 Å². The molecule has 0 aromatic heterocycles. The fourth-order valence-corrected chi connectivity index (χ4v) is 2.69. The van der Waals surface area contributed by atoms with Crippen LogP contribution in [0.1, 0.15) is 23.2 Å². The summed E-state index contributed by atoms with van der Waals surface area (Å²) < 4.78 is 0. The lowest BCUT2D eigenvalue weighted by Gasteiger charge is -2.04. The number of carbonyl (C=O) groups excluding carboxylic acids is 1. The summed E-state index contributed by atoms with van der Waals surface area (Å²) >= 11 is 0. The highest BCUT2D eigenvalue weighted by atomic mass is 16.1. The van der Waals surface area contributed by atoms with Gasteiger partial charge in [0.05, 0.1) is 0 Å². The molecule has 0 saturated heterocycles. The van der Waals surface area contributed by atoms with E-state index in [1.165, 1.54) is 10.8 Å². The van der Waals surface area contributed by atoms with Gasteiger partial charge in [-0.1, -0.05) is 36.4 Å². The summed E-state index contributed by atoms with van der Waals surface area (Å²) in [6.07, 6.45) is 2.28. The number of rotatable bonds is 2. The Morgan fingerprint density at radius 2 is 1.75 bits per heavy atom. The fraction of sp³-hybridized carbons (Fsp3) is 0.267. The molecule has 0 radical (unpaired) electrons. The summed E-state index contributed by atoms with van der Waals surface area (Å²) in [6, 6.07) is 14.3. The lowest BCUT2D eigenvalue weighted by atomic mass is 9.98. The summed E-state index contributed by atoms with van der Waals surface area (Å²) in [6.45, 7) is 0. The Bertz CT molecular complexity index is 606. The van der Waals surface area contributed by atoms with Gasteiger partial charge < -0.3 is 0 Å². The first kappa shape index (κ1) is 8.51. The van der Waals surface area contributed by atoms with Crippen LogP contribution in [0.5, 0.6) is 0 Å². The molecule has 0 heterocycles. The van der Waals surface area contributed by atoms with E-state index in [0.717, 1.165) is 24.3 Å². The average molecular weight is 208 g/mol. The van der Waals surface area contributed by atoms with E-state index in [-0.39, 0.29) is 5.41 Å². The van der Waals surface area contributed by atoms with E-state index < -0.39 is 0 Å². The molecule has 2 aliphatic rings. The van der Waals surface area contributed by atoms with Crippen LogP contribution in [0.2, 0.25) is 0 Å². The maximum Gasteiger partial charge on any atom is 0.169 e. The van der Waals surface area contributed by atoms with Crippen molar-refractivity contribution in [1.29, 1.82) is 0 Å². The minimum Gasteiger partial charge on any atom is -0.294 e. The van der Waals surface area contributed by atoms with Gasteiger partial charge in [0.25, 0.3) is 0 Å². The van der Waals surface area contributed by atoms with Crippen LogP contribution in [-0.2, 0) is 0 Å². The van der Waals surface area contributed by atoms with Crippen molar-refractivity contribution in [2.24, 2.45) is 11.3 Å². The predicted octanol–water partition coefficient (Wildman–Crippen LogP) is 3.43. The van der Waals surface area contributed by atoms with Crippen LogP contribution in [-0.4, -0.2) is 5.78 Å². The van der Waals surface area contributed by atoms with Crippen molar-refractivity contribution >= 4 is 16.6 Å². The zero-order valence-electron chi connectivity index (χ0n) is 8.94. The number of Topliss-reactive ketones (excluding diaryl/α,β-unsaturated/α-hetero) is 1. The Kier molecular flexibility index (Phi) is 1.35. The van der Waals surface area contributed by atoms with E-state index in [4.69, 9.17) is 0 Å². The largest absolute Gasteiger partial charge is 0.294 e. The Labute approximate surface area is 94.1 Å². The molecule has 0 atom stereocenters. The lowest BCUT2D eigenvalue weighted by Crippen LogP contribution is -2.07. The number of fused-ring (bicyclic) bond motifs is 2. The van der Waals surface area contributed by atoms with Crippen LogP contribution in [0.15, 0.2) is 42.5 Å². The van der Waals surface area contributed by atoms with Gasteiger partial charge in [0.15, 0.2) is 5.78 Å². The number of hydrogen-bond acceptors (Lipinski definition) is 1. The highest BCUT2D eigenvalue weighted by Gasteiger charge is 2.74. The third-order valence-corrected chi connectivity index (χ3v) is 4.15. The zero-order valence-corrected chi connectivity index (χ0v) is 8.94. The van der Waals surface area contributed by atoms with Crippen molar-refractivity contribution in [3.8, 4) is 0 Å². The van der Waals surface area contributed by atoms with Crippen LogP contribution in [0.25, 0.3) is 10.8 Å². The predicted molar refractivity (Wildman–Crippen MR) is 63.4 cm³/mol. The van der Waals surface area contributed by atoms with E-state index in [2.05, 4.69) is 18.2 Å². The van der Waals surface area contributed by atoms with Crippen LogP contribution in [0.4, 0.5) is 0 Å². The maximum absolute atomic E-state index is 12.2. The topological polar surface area (TPSA) is 17.1 Å². The van der Waals surface area contributed by atoms with Crippen molar-refractivity contribution in [1.82, 2.24) is 0 Å². The third kappa shape index (κ3) is 0.981. The van der Waals surface area contributed by atoms with Crippen LogP contribution < -0.4 is 0 Å². The Hall–Kier alpha value is -1.63. The van der Waals surface area contributed by atoms with E-state index in [9.17, 15) is 4.79 Å². The molecule has 0 spiro atoms. The standard InChI is InChI=1S/C15H12O/c16-14(15-8-13(15)9-15)12-6-5-10-3-1-2-4-11(10)7-12/h1-7,13H,8-9H2. The molecule has 2 fully saturated rings. The van der Waals surface area contributed by atoms with Gasteiger partial charge in [0.1, 0.15) is 0 Å². The second-order valence-corrected chi connectivity index (χ2v) is 5.15. The van der Waals surface area contributed by atoms with Crippen molar-refractivity contribution in [2.75, 3.05) is 0 Å². The molecule has 2 aliphatic carbocycles. The molecular weight excluding hydrogens is 196 g/mol. The van der Waals surface area contributed by atoms with Gasteiger partial charge in [-0.05, 0) is 35.6 Å². The highest BCUT2D eigenvalue weighted by molar-refractivity contribution is 6.07. The van der Waals surface area contributed by atoms with Crippen molar-refractivity contribution in [2.45, 2.75) is 12.8 Å². The average Bonchev–Trinajstić information content (AvgIpc) is 3.16. The molecule has 0 N–H and O–H groups in total. The summed E-state index contributed by atoms with van der Waals surface area (Å²) in [4.78, 5) is 12.2. The van der Waals surface area contributed by atoms with Crippen molar-refractivity contribution in [3.63, 3.8) is 0 Å². The van der Waals surface area contributed by atoms with Gasteiger partial charge in [0, 0.05) is 11.0 Å². The summed E-state index contributed by atoms with van der Waals surface area (Å²) in [5.74, 6) is 1.11. The molecule has 16 heavy (non-hydrogen) atoms. The van der Waals surface area contributed by atoms with Gasteiger partial charge in [-0.25, -0.2) is 0 Å². The summed E-state index contributed by atoms with van der Waals surface area (Å²) in [7, 11) is 0. The smallest absolute Gasteiger partial charge is 0.169 e. The summed E-state index contributed by atoms with van der Waals surface area (Å²) in [5, 5.41) is 2.38. The number of hydrogen-bond donors (Lipinski definition) is 0. The molecule has 78 valence electrons. The normalized spacial score (nSPS) is 29.9. The van der Waals surface area contributed by atoms with Gasteiger partial charge in [-0.2, -0.15) is 0 Å². The minimum atomic E-state index is 0.0997. The van der Waals surface area contributed by atoms with Gasteiger partial charge in [0.2, 0.25) is 0 Å². The molecule has 0 unspecified atom stereocenters. The van der Waals surface area contributed by atoms with Gasteiger partial charge in [-0.15, -0.1) is 0 Å². The number of carbonyl (C=O) groups is 1. The molecule has 0 amide bonds. The molecular formula is C15H12O. The zero-order chi connectivity index (χ0) is 10.8. The first-order chi connectivity index (χ1) is 7.79. The van der Waals surface area contributed by atoms with Gasteiger partial charge >= 0.3 is 0 Å². The second-order valence-electron chi connectivity index (χ2n) is 5.15. The van der Waals surface area contributed by atoms with Crippen molar-refractivity contribution < 1.29 is 4.79 Å². The van der Waals surface area contributed by atoms with E-state index in [1.807, 2.05) is 24.3 Å². The SMILES string of the molecule is O=C(c1ccc2ccccc2c1)C12CC1C2. The highest BCUT2D eigenvalue weighted by Crippen LogP contribution is 2.76. The number of ketones is 1. The molecule has 2 aromatic rings. The quantitative estimate of drug-likeness (QED) is 0.691. The first-order valence-corrected chi connectivity index (χ1v) is 5.83. The molecule has 1 nitrogen and oxygen atoms in total. The van der Waals surface area contributed by atoms with Crippen molar-refractivity contribution in [3.05, 3.63) is 48.0 Å².